The Hall–Kier alpha value is 0. The Morgan fingerprint density at radius 1 is 0.412 bits per heavy atom. The molecular formula is C17H36. The molecule has 0 spiro atoms. The van der Waals surface area contributed by atoms with Gasteiger partial charge < -0.3 is 0 Å². The Balaban J connectivity index is 3.15. The van der Waals surface area contributed by atoms with Crippen LogP contribution in [-0.4, -0.2) is 0 Å². The number of hydrogen-bond donors (Lipinski definition) is 0. The average molecular weight is 240 g/mol. The average Bonchev–Trinajstić information content (AvgIpc) is 2.11. The van der Waals surface area contributed by atoms with Gasteiger partial charge in [0.1, 0.15) is 0 Å². The molecule has 0 heteroatoms. The van der Waals surface area contributed by atoms with E-state index in [1.54, 1.807) is 0 Å². The highest BCUT2D eigenvalue weighted by molar-refractivity contribution is 4.62. The molecule has 0 radical (unpaired) electrons. The molecule has 0 rings (SSSR count). The molecule has 0 aliphatic carbocycles. The van der Waals surface area contributed by atoms with Crippen LogP contribution in [0.5, 0.6) is 0 Å². The van der Waals surface area contributed by atoms with Gasteiger partial charge in [0.25, 0.3) is 0 Å². The van der Waals surface area contributed by atoms with Crippen molar-refractivity contribution >= 4 is 0 Å². The maximum atomic E-state index is 2.35. The third-order valence-electron chi connectivity index (χ3n) is 3.35. The summed E-state index contributed by atoms with van der Waals surface area (Å²) in [6, 6.07) is 0. The molecule has 0 saturated heterocycles. The molecule has 0 N–H and O–H groups in total. The number of rotatable bonds is 8. The molecule has 0 amide bonds. The van der Waals surface area contributed by atoms with Gasteiger partial charge in [0.2, 0.25) is 0 Å². The molecule has 0 aliphatic heterocycles. The molecule has 17 heavy (non-hydrogen) atoms. The minimum atomic E-state index is 0.534. The normalized spacial score (nSPS) is 13.1. The first kappa shape index (κ1) is 17.0. The highest BCUT2D eigenvalue weighted by Gasteiger charge is 2.09. The Morgan fingerprint density at radius 2 is 0.647 bits per heavy atom. The van der Waals surface area contributed by atoms with Crippen molar-refractivity contribution in [3.05, 3.63) is 0 Å². The van der Waals surface area contributed by atoms with Gasteiger partial charge in [-0.05, 0) is 23.7 Å². The van der Waals surface area contributed by atoms with E-state index in [1.165, 1.54) is 57.8 Å². The van der Waals surface area contributed by atoms with Crippen LogP contribution in [0.2, 0.25) is 0 Å². The Labute approximate surface area is 111 Å². The van der Waals surface area contributed by atoms with Crippen molar-refractivity contribution in [2.45, 2.75) is 99.3 Å². The second-order valence-corrected chi connectivity index (χ2v) is 8.10. The molecule has 0 saturated carbocycles. The SMILES string of the molecule is CC(C)(C)CCCCCCCCCC(C)(C)C. The van der Waals surface area contributed by atoms with Crippen molar-refractivity contribution in [1.29, 1.82) is 0 Å². The first-order chi connectivity index (χ1) is 7.71. The summed E-state index contributed by atoms with van der Waals surface area (Å²) in [4.78, 5) is 0. The maximum absolute atomic E-state index is 2.35. The lowest BCUT2D eigenvalue weighted by Crippen LogP contribution is -2.04. The summed E-state index contributed by atoms with van der Waals surface area (Å²) in [5.74, 6) is 0. The fourth-order valence-electron chi connectivity index (χ4n) is 2.19. The molecule has 0 heterocycles. The molecule has 0 bridgehead atoms. The first-order valence-corrected chi connectivity index (χ1v) is 7.71. The summed E-state index contributed by atoms with van der Waals surface area (Å²) in [7, 11) is 0. The third-order valence-corrected chi connectivity index (χ3v) is 3.35. The smallest absolute Gasteiger partial charge is 0.0383 e. The van der Waals surface area contributed by atoms with Crippen LogP contribution in [0, 0.1) is 10.8 Å². The summed E-state index contributed by atoms with van der Waals surface area (Å²) < 4.78 is 0. The largest absolute Gasteiger partial charge is 0.0602 e. The van der Waals surface area contributed by atoms with Crippen LogP contribution >= 0.6 is 0 Å². The van der Waals surface area contributed by atoms with E-state index in [-0.39, 0.29) is 0 Å². The summed E-state index contributed by atoms with van der Waals surface area (Å²) in [5, 5.41) is 0. The summed E-state index contributed by atoms with van der Waals surface area (Å²) in [6.07, 6.45) is 12.9. The molecule has 0 aromatic rings. The van der Waals surface area contributed by atoms with Crippen molar-refractivity contribution in [1.82, 2.24) is 0 Å². The molecule has 0 aliphatic rings. The molecule has 0 atom stereocenters. The summed E-state index contributed by atoms with van der Waals surface area (Å²) >= 11 is 0. The third kappa shape index (κ3) is 16.0. The van der Waals surface area contributed by atoms with Gasteiger partial charge in [-0.2, -0.15) is 0 Å². The van der Waals surface area contributed by atoms with E-state index in [0.717, 1.165) is 0 Å². The zero-order valence-corrected chi connectivity index (χ0v) is 13.4. The van der Waals surface area contributed by atoms with Crippen LogP contribution in [0.15, 0.2) is 0 Å². The first-order valence-electron chi connectivity index (χ1n) is 7.71. The zero-order valence-electron chi connectivity index (χ0n) is 13.4. The maximum Gasteiger partial charge on any atom is -0.0383 e. The molecule has 0 unspecified atom stereocenters. The Kier molecular flexibility index (Phi) is 8.16. The summed E-state index contributed by atoms with van der Waals surface area (Å²) in [6.45, 7) is 14.1. The van der Waals surface area contributed by atoms with Gasteiger partial charge in [-0.1, -0.05) is 86.5 Å². The lowest BCUT2D eigenvalue weighted by Gasteiger charge is -2.18. The topological polar surface area (TPSA) is 0 Å². The minimum absolute atomic E-state index is 0.534. The van der Waals surface area contributed by atoms with Crippen molar-refractivity contribution in [3.63, 3.8) is 0 Å². The van der Waals surface area contributed by atoms with Gasteiger partial charge in [0, 0.05) is 0 Å². The molecule has 0 aromatic heterocycles. The standard InChI is InChI=1S/C17H36/c1-16(2,3)14-12-10-8-7-9-11-13-15-17(4,5)6/h7-15H2,1-6H3. The molecule has 104 valence electrons. The van der Waals surface area contributed by atoms with E-state index < -0.39 is 0 Å². The monoisotopic (exact) mass is 240 g/mol. The predicted molar refractivity (Wildman–Crippen MR) is 80.5 cm³/mol. The van der Waals surface area contributed by atoms with Gasteiger partial charge in [0.15, 0.2) is 0 Å². The van der Waals surface area contributed by atoms with Crippen LogP contribution < -0.4 is 0 Å². The van der Waals surface area contributed by atoms with Gasteiger partial charge in [-0.15, -0.1) is 0 Å². The second kappa shape index (κ2) is 8.16. The van der Waals surface area contributed by atoms with E-state index >= 15 is 0 Å². The van der Waals surface area contributed by atoms with Gasteiger partial charge in [-0.3, -0.25) is 0 Å². The van der Waals surface area contributed by atoms with E-state index in [4.69, 9.17) is 0 Å². The van der Waals surface area contributed by atoms with Gasteiger partial charge in [-0.25, -0.2) is 0 Å². The van der Waals surface area contributed by atoms with Crippen LogP contribution in [0.4, 0.5) is 0 Å². The molecule has 0 aromatic carbocycles. The van der Waals surface area contributed by atoms with E-state index in [9.17, 15) is 0 Å². The van der Waals surface area contributed by atoms with Gasteiger partial charge >= 0.3 is 0 Å². The van der Waals surface area contributed by atoms with Crippen LogP contribution in [-0.2, 0) is 0 Å². The predicted octanol–water partition coefficient (Wildman–Crippen LogP) is 6.59. The van der Waals surface area contributed by atoms with Crippen molar-refractivity contribution in [3.8, 4) is 0 Å². The fraction of sp³-hybridized carbons (Fsp3) is 1.00. The molecule has 0 fully saturated rings. The number of unbranched alkanes of at least 4 members (excludes halogenated alkanes) is 6. The lowest BCUT2D eigenvalue weighted by molar-refractivity contribution is 0.350. The van der Waals surface area contributed by atoms with Gasteiger partial charge in [0.05, 0.1) is 0 Å². The Bertz CT molecular complexity index is 145. The van der Waals surface area contributed by atoms with Crippen LogP contribution in [0.3, 0.4) is 0 Å². The highest BCUT2D eigenvalue weighted by Crippen LogP contribution is 2.24. The fourth-order valence-corrected chi connectivity index (χ4v) is 2.19. The minimum Gasteiger partial charge on any atom is -0.0602 e. The van der Waals surface area contributed by atoms with E-state index in [2.05, 4.69) is 41.5 Å². The quantitative estimate of drug-likeness (QED) is 0.420. The summed E-state index contributed by atoms with van der Waals surface area (Å²) in [5.41, 5.74) is 1.07. The Morgan fingerprint density at radius 3 is 0.882 bits per heavy atom. The van der Waals surface area contributed by atoms with Crippen molar-refractivity contribution < 1.29 is 0 Å². The lowest BCUT2D eigenvalue weighted by atomic mass is 9.88. The molecule has 0 nitrogen and oxygen atoms in total. The van der Waals surface area contributed by atoms with Crippen molar-refractivity contribution in [2.24, 2.45) is 10.8 Å². The van der Waals surface area contributed by atoms with E-state index in [0.29, 0.717) is 10.8 Å². The second-order valence-electron chi connectivity index (χ2n) is 8.10. The highest BCUT2D eigenvalue weighted by atomic mass is 14.2. The zero-order chi connectivity index (χ0) is 13.4. The molecular weight excluding hydrogens is 204 g/mol. The van der Waals surface area contributed by atoms with Crippen LogP contribution in [0.25, 0.3) is 0 Å². The number of hydrogen-bond acceptors (Lipinski definition) is 0. The van der Waals surface area contributed by atoms with Crippen molar-refractivity contribution in [2.75, 3.05) is 0 Å². The van der Waals surface area contributed by atoms with E-state index in [1.807, 2.05) is 0 Å². The van der Waals surface area contributed by atoms with Crippen LogP contribution in [0.1, 0.15) is 99.3 Å².